The van der Waals surface area contributed by atoms with Crippen molar-refractivity contribution in [1.82, 2.24) is 0 Å². The number of hydrogen-bond acceptors (Lipinski definition) is 5. The smallest absolute Gasteiger partial charge is 0.461 e. The van der Waals surface area contributed by atoms with Crippen LogP contribution in [-0.2, 0) is 5.41 Å². The van der Waals surface area contributed by atoms with Crippen LogP contribution in [0.15, 0.2) is 10.5 Å². The van der Waals surface area contributed by atoms with Crippen molar-refractivity contribution in [3.8, 4) is 12.1 Å². The predicted molar refractivity (Wildman–Crippen MR) is 112 cm³/mol. The number of fused-ring (bicyclic) bond motifs is 5. The molecule has 2 aliphatic rings. The summed E-state index contributed by atoms with van der Waals surface area (Å²) in [5, 5.41) is 40.1. The van der Waals surface area contributed by atoms with E-state index in [-0.39, 0.29) is 33.3 Å². The molecular weight excluding hydrogens is 363 g/mol. The second-order valence-electron chi connectivity index (χ2n) is 9.82. The van der Waals surface area contributed by atoms with Gasteiger partial charge in [0, 0.05) is 22.3 Å². The van der Waals surface area contributed by atoms with Crippen LogP contribution >= 0.6 is 0 Å². The normalized spacial score (nSPS) is 28.0. The van der Waals surface area contributed by atoms with Gasteiger partial charge in [-0.1, -0.05) is 34.1 Å². The van der Waals surface area contributed by atoms with Crippen LogP contribution in [0.2, 0.25) is 0 Å². The van der Waals surface area contributed by atoms with E-state index < -0.39 is 7.12 Å². The molecule has 150 valence electrons. The van der Waals surface area contributed by atoms with Crippen LogP contribution in [0.1, 0.15) is 88.2 Å². The number of hydrogen-bond donors (Lipinski definition) is 2. The fourth-order valence-corrected chi connectivity index (χ4v) is 6.34. The second kappa shape index (κ2) is 6.62. The molecular formula is C23H27BN2O3. The highest BCUT2D eigenvalue weighted by atomic mass is 16.4. The Hall–Kier alpha value is -2.28. The zero-order valence-electron chi connectivity index (χ0n) is 17.5. The van der Waals surface area contributed by atoms with Gasteiger partial charge in [-0.3, -0.25) is 0 Å². The Labute approximate surface area is 172 Å². The molecule has 1 heterocycles. The van der Waals surface area contributed by atoms with Gasteiger partial charge in [-0.2, -0.15) is 10.5 Å². The standard InChI is InChI=1S/C23H27BN2O3/c1-13-6-7-17-22(2,3)8-5-9-23(17,4)18-15-10-14(11-25)16(12-26)19(24(27)28)21(15)29-20(13)18/h10,13,17,27-28H,5-9H2,1-4H3. The maximum absolute atomic E-state index is 10.1. The van der Waals surface area contributed by atoms with Crippen LogP contribution in [0, 0.1) is 34.0 Å². The maximum atomic E-state index is 10.1. The summed E-state index contributed by atoms with van der Waals surface area (Å²) >= 11 is 0. The van der Waals surface area contributed by atoms with Crippen molar-refractivity contribution in [3.63, 3.8) is 0 Å². The van der Waals surface area contributed by atoms with E-state index in [2.05, 4.69) is 33.8 Å². The summed E-state index contributed by atoms with van der Waals surface area (Å²) in [5.74, 6) is 1.54. The molecule has 0 aliphatic heterocycles. The van der Waals surface area contributed by atoms with Crippen LogP contribution in [0.3, 0.4) is 0 Å². The topological polar surface area (TPSA) is 101 Å². The van der Waals surface area contributed by atoms with Gasteiger partial charge in [-0.05, 0) is 48.5 Å². The lowest BCUT2D eigenvalue weighted by Gasteiger charge is -2.50. The molecule has 1 aromatic heterocycles. The van der Waals surface area contributed by atoms with Crippen molar-refractivity contribution in [2.24, 2.45) is 11.3 Å². The van der Waals surface area contributed by atoms with E-state index in [1.54, 1.807) is 6.07 Å². The molecule has 2 aliphatic carbocycles. The van der Waals surface area contributed by atoms with Crippen molar-refractivity contribution >= 4 is 23.6 Å². The van der Waals surface area contributed by atoms with Gasteiger partial charge in [0.1, 0.15) is 23.5 Å². The molecule has 1 aromatic carbocycles. The molecule has 3 atom stereocenters. The van der Waals surface area contributed by atoms with Crippen LogP contribution in [0.5, 0.6) is 0 Å². The summed E-state index contributed by atoms with van der Waals surface area (Å²) in [6.07, 6.45) is 5.47. The number of nitrogens with zero attached hydrogens (tertiary/aromatic N) is 2. The maximum Gasteiger partial charge on any atom is 0.493 e. The van der Waals surface area contributed by atoms with Crippen molar-refractivity contribution in [2.75, 3.05) is 0 Å². The van der Waals surface area contributed by atoms with E-state index >= 15 is 0 Å². The van der Waals surface area contributed by atoms with Crippen molar-refractivity contribution in [2.45, 2.75) is 71.1 Å². The third kappa shape index (κ3) is 2.74. The fraction of sp³-hybridized carbons (Fsp3) is 0.565. The SMILES string of the molecule is CC1CCC2C(C)(C)CCCC2(C)c2c1oc1c(B(O)O)c(C#N)c(C#N)cc21. The Kier molecular flexibility index (Phi) is 4.57. The molecule has 0 spiro atoms. The summed E-state index contributed by atoms with van der Waals surface area (Å²) in [6, 6.07) is 5.77. The first kappa shape index (κ1) is 20.0. The van der Waals surface area contributed by atoms with Gasteiger partial charge in [0.05, 0.1) is 11.1 Å². The summed E-state index contributed by atoms with van der Waals surface area (Å²) in [7, 11) is -1.88. The first-order valence-corrected chi connectivity index (χ1v) is 10.5. The van der Waals surface area contributed by atoms with Gasteiger partial charge in [-0.25, -0.2) is 0 Å². The third-order valence-corrected chi connectivity index (χ3v) is 7.67. The molecule has 4 rings (SSSR count). The molecule has 1 fully saturated rings. The minimum absolute atomic E-state index is 0.0112. The lowest BCUT2D eigenvalue weighted by Crippen LogP contribution is -2.44. The van der Waals surface area contributed by atoms with Gasteiger partial charge in [-0.15, -0.1) is 0 Å². The molecule has 0 amide bonds. The van der Waals surface area contributed by atoms with Crippen LogP contribution in [0.25, 0.3) is 11.0 Å². The summed E-state index contributed by atoms with van der Waals surface area (Å²) in [6.45, 7) is 9.17. The molecule has 0 radical (unpaired) electrons. The lowest BCUT2D eigenvalue weighted by atomic mass is 9.53. The molecule has 5 nitrogen and oxygen atoms in total. The zero-order chi connectivity index (χ0) is 21.1. The van der Waals surface area contributed by atoms with E-state index in [1.807, 2.05) is 6.07 Å². The summed E-state index contributed by atoms with van der Waals surface area (Å²) < 4.78 is 6.32. The Morgan fingerprint density at radius 3 is 2.48 bits per heavy atom. The van der Waals surface area contributed by atoms with E-state index in [9.17, 15) is 20.6 Å². The van der Waals surface area contributed by atoms with Crippen LogP contribution in [-0.4, -0.2) is 17.2 Å². The molecule has 2 N–H and O–H groups in total. The highest BCUT2D eigenvalue weighted by molar-refractivity contribution is 6.62. The van der Waals surface area contributed by atoms with Crippen molar-refractivity contribution in [3.05, 3.63) is 28.5 Å². The average Bonchev–Trinajstić information content (AvgIpc) is 2.99. The zero-order valence-corrected chi connectivity index (χ0v) is 17.5. The number of furan rings is 1. The second-order valence-corrected chi connectivity index (χ2v) is 9.82. The average molecular weight is 390 g/mol. The van der Waals surface area contributed by atoms with Gasteiger partial charge in [0.2, 0.25) is 0 Å². The predicted octanol–water partition coefficient (Wildman–Crippen LogP) is 3.84. The highest BCUT2D eigenvalue weighted by Crippen LogP contribution is 2.59. The Morgan fingerprint density at radius 1 is 1.14 bits per heavy atom. The first-order valence-electron chi connectivity index (χ1n) is 10.5. The fourth-order valence-electron chi connectivity index (χ4n) is 6.34. The van der Waals surface area contributed by atoms with Crippen LogP contribution in [0.4, 0.5) is 0 Å². The molecule has 6 heteroatoms. The van der Waals surface area contributed by atoms with Crippen molar-refractivity contribution < 1.29 is 14.5 Å². The van der Waals surface area contributed by atoms with E-state index in [0.29, 0.717) is 11.5 Å². The highest BCUT2D eigenvalue weighted by Gasteiger charge is 2.51. The molecule has 0 saturated heterocycles. The first-order chi connectivity index (χ1) is 13.7. The lowest BCUT2D eigenvalue weighted by molar-refractivity contribution is 0.0504. The van der Waals surface area contributed by atoms with Crippen molar-refractivity contribution in [1.29, 1.82) is 10.5 Å². The van der Waals surface area contributed by atoms with Gasteiger partial charge in [0.15, 0.2) is 0 Å². The minimum atomic E-state index is -1.88. The number of benzene rings is 1. The third-order valence-electron chi connectivity index (χ3n) is 7.67. The molecule has 29 heavy (non-hydrogen) atoms. The van der Waals surface area contributed by atoms with Gasteiger partial charge in [0.25, 0.3) is 0 Å². The summed E-state index contributed by atoms with van der Waals surface area (Å²) in [4.78, 5) is 0. The number of rotatable bonds is 1. The number of nitriles is 2. The van der Waals surface area contributed by atoms with E-state index in [1.165, 1.54) is 6.42 Å². The van der Waals surface area contributed by atoms with Gasteiger partial charge < -0.3 is 14.5 Å². The van der Waals surface area contributed by atoms with E-state index in [4.69, 9.17) is 4.42 Å². The molecule has 2 aromatic rings. The Morgan fingerprint density at radius 2 is 1.86 bits per heavy atom. The molecule has 3 unspecified atom stereocenters. The van der Waals surface area contributed by atoms with E-state index in [0.717, 1.165) is 42.4 Å². The van der Waals surface area contributed by atoms with Crippen LogP contribution < -0.4 is 5.46 Å². The molecule has 0 bridgehead atoms. The largest absolute Gasteiger partial charge is 0.493 e. The minimum Gasteiger partial charge on any atom is -0.461 e. The van der Waals surface area contributed by atoms with Gasteiger partial charge >= 0.3 is 7.12 Å². The quantitative estimate of drug-likeness (QED) is 0.721. The molecule has 1 saturated carbocycles. The monoisotopic (exact) mass is 390 g/mol. The summed E-state index contributed by atoms with van der Waals surface area (Å²) in [5.41, 5.74) is 1.69. The Balaban J connectivity index is 2.13. The Bertz CT molecular complexity index is 1070.